The summed E-state index contributed by atoms with van der Waals surface area (Å²) in [5, 5.41) is 0. The first kappa shape index (κ1) is 21.1. The Morgan fingerprint density at radius 3 is 1.97 bits per heavy atom. The molecule has 0 radical (unpaired) electrons. The zero-order valence-corrected chi connectivity index (χ0v) is 18.1. The van der Waals surface area contributed by atoms with E-state index in [1.807, 2.05) is 4.90 Å². The molecule has 1 aromatic rings. The van der Waals surface area contributed by atoms with E-state index < -0.39 is 10.0 Å². The number of methoxy groups -OCH3 is 1. The number of nitrogens with zero attached hydrogens (tertiary/aromatic N) is 3. The van der Waals surface area contributed by atoms with Crippen molar-refractivity contribution < 1.29 is 22.7 Å². The van der Waals surface area contributed by atoms with Crippen LogP contribution in [0.15, 0.2) is 29.2 Å². The van der Waals surface area contributed by atoms with Crippen LogP contribution in [0.25, 0.3) is 0 Å². The van der Waals surface area contributed by atoms with Crippen LogP contribution in [0.5, 0.6) is 5.75 Å². The Kier molecular flexibility index (Phi) is 6.02. The molecule has 0 aromatic heterocycles. The van der Waals surface area contributed by atoms with Crippen LogP contribution in [0.4, 0.5) is 0 Å². The predicted octanol–water partition coefficient (Wildman–Crippen LogP) is 1.18. The van der Waals surface area contributed by atoms with Crippen molar-refractivity contribution in [1.29, 1.82) is 0 Å². The Balaban J connectivity index is 1.37. The number of piperidine rings is 1. The number of rotatable bonds is 5. The van der Waals surface area contributed by atoms with Gasteiger partial charge in [-0.1, -0.05) is 0 Å². The summed E-state index contributed by atoms with van der Waals surface area (Å²) in [6, 6.07) is 6.33. The molecule has 2 aliphatic heterocycles. The summed E-state index contributed by atoms with van der Waals surface area (Å²) in [4.78, 5) is 29.1. The molecule has 8 nitrogen and oxygen atoms in total. The summed E-state index contributed by atoms with van der Waals surface area (Å²) >= 11 is 0. The monoisotopic (exact) mass is 435 g/mol. The van der Waals surface area contributed by atoms with Crippen molar-refractivity contribution >= 4 is 21.8 Å². The van der Waals surface area contributed by atoms with Gasteiger partial charge in [0.1, 0.15) is 5.75 Å². The highest BCUT2D eigenvalue weighted by molar-refractivity contribution is 7.89. The number of hydrogen-bond acceptors (Lipinski definition) is 5. The second-order valence-electron chi connectivity index (χ2n) is 8.30. The van der Waals surface area contributed by atoms with E-state index >= 15 is 0 Å². The average molecular weight is 436 g/mol. The summed E-state index contributed by atoms with van der Waals surface area (Å²) < 4.78 is 32.6. The Morgan fingerprint density at radius 2 is 1.43 bits per heavy atom. The summed E-state index contributed by atoms with van der Waals surface area (Å²) in [6.45, 7) is 2.82. The molecule has 164 valence electrons. The smallest absolute Gasteiger partial charge is 0.243 e. The van der Waals surface area contributed by atoms with Crippen LogP contribution in [-0.4, -0.2) is 80.7 Å². The van der Waals surface area contributed by atoms with Gasteiger partial charge in [-0.3, -0.25) is 9.59 Å². The fourth-order valence-corrected chi connectivity index (χ4v) is 5.78. The molecule has 4 rings (SSSR count). The highest BCUT2D eigenvalue weighted by Crippen LogP contribution is 2.31. The lowest BCUT2D eigenvalue weighted by molar-refractivity contribution is -0.143. The molecule has 2 amide bonds. The highest BCUT2D eigenvalue weighted by atomic mass is 32.2. The average Bonchev–Trinajstić information content (AvgIpc) is 3.64. The molecule has 9 heteroatoms. The van der Waals surface area contributed by atoms with E-state index in [1.165, 1.54) is 23.5 Å². The minimum atomic E-state index is -3.65. The number of ether oxygens (including phenoxy) is 1. The summed E-state index contributed by atoms with van der Waals surface area (Å²) in [5.74, 6) is 0.680. The number of piperazine rings is 1. The van der Waals surface area contributed by atoms with Gasteiger partial charge in [0, 0.05) is 45.2 Å². The second kappa shape index (κ2) is 8.55. The molecule has 1 saturated carbocycles. The number of benzene rings is 1. The largest absolute Gasteiger partial charge is 0.497 e. The standard InChI is InChI=1S/C21H29N3O5S/c1-29-18-6-8-19(9-7-18)30(27,28)24-10-2-3-17(15-24)21(26)23-13-11-22(12-14-23)20(25)16-4-5-16/h6-9,16-17H,2-5,10-15H2,1H3. The summed E-state index contributed by atoms with van der Waals surface area (Å²) in [6.07, 6.45) is 3.32. The first-order chi connectivity index (χ1) is 14.4. The van der Waals surface area contributed by atoms with Gasteiger partial charge in [-0.25, -0.2) is 8.42 Å². The van der Waals surface area contributed by atoms with Crippen LogP contribution in [0.1, 0.15) is 25.7 Å². The first-order valence-electron chi connectivity index (χ1n) is 10.6. The fraction of sp³-hybridized carbons (Fsp3) is 0.619. The van der Waals surface area contributed by atoms with Gasteiger partial charge in [0.25, 0.3) is 0 Å². The third-order valence-corrected chi connectivity index (χ3v) is 8.14. The maximum Gasteiger partial charge on any atom is 0.243 e. The van der Waals surface area contributed by atoms with E-state index in [2.05, 4.69) is 0 Å². The van der Waals surface area contributed by atoms with Gasteiger partial charge in [0.2, 0.25) is 21.8 Å². The van der Waals surface area contributed by atoms with Gasteiger partial charge in [-0.05, 0) is 49.9 Å². The minimum absolute atomic E-state index is 0.00292. The summed E-state index contributed by atoms with van der Waals surface area (Å²) in [5.41, 5.74) is 0. The van der Waals surface area contributed by atoms with Crippen molar-refractivity contribution in [2.24, 2.45) is 11.8 Å². The van der Waals surface area contributed by atoms with Crippen LogP contribution < -0.4 is 4.74 Å². The molecular formula is C21H29N3O5S. The van der Waals surface area contributed by atoms with E-state index in [1.54, 1.807) is 17.0 Å². The van der Waals surface area contributed by atoms with Gasteiger partial charge in [0.05, 0.1) is 17.9 Å². The maximum absolute atomic E-state index is 13.1. The molecule has 0 N–H and O–H groups in total. The predicted molar refractivity (Wildman–Crippen MR) is 110 cm³/mol. The van der Waals surface area contributed by atoms with E-state index in [0.29, 0.717) is 51.3 Å². The van der Waals surface area contributed by atoms with Crippen molar-refractivity contribution in [2.75, 3.05) is 46.4 Å². The molecule has 1 aliphatic carbocycles. The minimum Gasteiger partial charge on any atom is -0.497 e. The molecule has 1 aromatic carbocycles. The third kappa shape index (κ3) is 4.32. The Hall–Kier alpha value is -2.13. The molecule has 0 spiro atoms. The van der Waals surface area contributed by atoms with Crippen LogP contribution in [0, 0.1) is 11.8 Å². The number of hydrogen-bond donors (Lipinski definition) is 0. The molecule has 2 heterocycles. The SMILES string of the molecule is COc1ccc(S(=O)(=O)N2CCCC(C(=O)N3CCN(C(=O)C4CC4)CC3)C2)cc1. The van der Waals surface area contributed by atoms with Crippen LogP contribution in [-0.2, 0) is 19.6 Å². The summed E-state index contributed by atoms with van der Waals surface area (Å²) in [7, 11) is -2.12. The van der Waals surface area contributed by atoms with E-state index in [-0.39, 0.29) is 35.1 Å². The molecule has 3 fully saturated rings. The van der Waals surface area contributed by atoms with Crippen molar-refractivity contribution in [3.05, 3.63) is 24.3 Å². The molecule has 1 unspecified atom stereocenters. The van der Waals surface area contributed by atoms with Crippen molar-refractivity contribution in [1.82, 2.24) is 14.1 Å². The van der Waals surface area contributed by atoms with Gasteiger partial charge in [-0.2, -0.15) is 4.31 Å². The lowest BCUT2D eigenvalue weighted by Gasteiger charge is -2.38. The third-order valence-electron chi connectivity index (χ3n) is 6.26. The molecular weight excluding hydrogens is 406 g/mol. The number of sulfonamides is 1. The van der Waals surface area contributed by atoms with Gasteiger partial charge >= 0.3 is 0 Å². The van der Waals surface area contributed by atoms with E-state index in [0.717, 1.165) is 12.8 Å². The van der Waals surface area contributed by atoms with E-state index in [9.17, 15) is 18.0 Å². The zero-order valence-electron chi connectivity index (χ0n) is 17.3. The van der Waals surface area contributed by atoms with Gasteiger partial charge < -0.3 is 14.5 Å². The number of carbonyl (C=O) groups excluding carboxylic acids is 2. The van der Waals surface area contributed by atoms with Gasteiger partial charge in [-0.15, -0.1) is 0 Å². The molecule has 0 bridgehead atoms. The number of carbonyl (C=O) groups is 2. The topological polar surface area (TPSA) is 87.2 Å². The van der Waals surface area contributed by atoms with Crippen molar-refractivity contribution in [2.45, 2.75) is 30.6 Å². The normalized spacial score (nSPS) is 23.3. The lowest BCUT2D eigenvalue weighted by atomic mass is 9.97. The lowest BCUT2D eigenvalue weighted by Crippen LogP contribution is -2.54. The van der Waals surface area contributed by atoms with Crippen molar-refractivity contribution in [3.63, 3.8) is 0 Å². The number of amides is 2. The zero-order chi connectivity index (χ0) is 21.3. The second-order valence-corrected chi connectivity index (χ2v) is 10.2. The van der Waals surface area contributed by atoms with Crippen molar-refractivity contribution in [3.8, 4) is 5.75 Å². The quantitative estimate of drug-likeness (QED) is 0.693. The Labute approximate surface area is 177 Å². The van der Waals surface area contributed by atoms with Gasteiger partial charge in [0.15, 0.2) is 0 Å². The molecule has 2 saturated heterocycles. The highest BCUT2D eigenvalue weighted by Gasteiger charge is 2.38. The van der Waals surface area contributed by atoms with Crippen LogP contribution in [0.2, 0.25) is 0 Å². The van der Waals surface area contributed by atoms with E-state index in [4.69, 9.17) is 4.74 Å². The molecule has 30 heavy (non-hydrogen) atoms. The first-order valence-corrected chi connectivity index (χ1v) is 12.1. The molecule has 1 atom stereocenters. The Bertz CT molecular complexity index is 890. The fourth-order valence-electron chi connectivity index (χ4n) is 4.25. The van der Waals surface area contributed by atoms with Crippen LogP contribution >= 0.6 is 0 Å². The maximum atomic E-state index is 13.1. The van der Waals surface area contributed by atoms with Crippen LogP contribution in [0.3, 0.4) is 0 Å². The molecule has 3 aliphatic rings. The Morgan fingerprint density at radius 1 is 0.867 bits per heavy atom.